The van der Waals surface area contributed by atoms with Crippen molar-refractivity contribution in [1.29, 1.82) is 0 Å². The van der Waals surface area contributed by atoms with Crippen LogP contribution in [0, 0.1) is 0 Å². The number of nitrogens with one attached hydrogen (secondary N) is 2. The third-order valence-corrected chi connectivity index (χ3v) is 3.61. The van der Waals surface area contributed by atoms with Crippen LogP contribution in [-0.4, -0.2) is 18.4 Å². The van der Waals surface area contributed by atoms with E-state index in [0.29, 0.717) is 22.1 Å². The van der Waals surface area contributed by atoms with Crippen LogP contribution in [-0.2, 0) is 4.79 Å². The zero-order valence-electron chi connectivity index (χ0n) is 13.6. The number of furan rings is 1. The van der Waals surface area contributed by atoms with Crippen LogP contribution < -0.4 is 15.4 Å². The van der Waals surface area contributed by atoms with Crippen molar-refractivity contribution in [1.82, 2.24) is 0 Å². The van der Waals surface area contributed by atoms with Crippen LogP contribution >= 0.6 is 11.6 Å². The molecule has 0 bridgehead atoms. The Bertz CT molecular complexity index is 875. The minimum absolute atomic E-state index is 0.138. The molecule has 0 saturated heterocycles. The molecule has 0 saturated carbocycles. The van der Waals surface area contributed by atoms with Gasteiger partial charge >= 0.3 is 0 Å². The summed E-state index contributed by atoms with van der Waals surface area (Å²) in [5, 5.41) is 5.99. The van der Waals surface area contributed by atoms with Gasteiger partial charge in [-0.1, -0.05) is 11.6 Å². The standard InChI is InChI=1S/C19H15ClN2O4/c20-13-3-5-14(6-4-13)21-18(23)12-26-16-9-7-15(8-10-16)22-19(24)17-2-1-11-25-17/h1-11H,12H2,(H,21,23)(H,22,24). The molecule has 0 unspecified atom stereocenters. The third-order valence-electron chi connectivity index (χ3n) is 3.36. The Kier molecular flexibility index (Phi) is 5.56. The van der Waals surface area contributed by atoms with Crippen LogP contribution in [0.1, 0.15) is 10.6 Å². The number of amides is 2. The molecule has 2 N–H and O–H groups in total. The van der Waals surface area contributed by atoms with Gasteiger partial charge in [0.15, 0.2) is 12.4 Å². The average Bonchev–Trinajstić information content (AvgIpc) is 3.18. The zero-order chi connectivity index (χ0) is 18.4. The van der Waals surface area contributed by atoms with Gasteiger partial charge in [0.25, 0.3) is 11.8 Å². The molecule has 0 aliphatic carbocycles. The summed E-state index contributed by atoms with van der Waals surface area (Å²) in [5.41, 5.74) is 1.23. The second-order valence-corrected chi connectivity index (χ2v) is 5.74. The molecule has 0 spiro atoms. The van der Waals surface area contributed by atoms with Gasteiger partial charge in [-0.25, -0.2) is 0 Å². The van der Waals surface area contributed by atoms with Crippen molar-refractivity contribution >= 4 is 34.8 Å². The normalized spacial score (nSPS) is 10.2. The van der Waals surface area contributed by atoms with Crippen molar-refractivity contribution in [3.05, 3.63) is 77.7 Å². The molecule has 2 amide bonds. The van der Waals surface area contributed by atoms with Gasteiger partial charge in [-0.2, -0.15) is 0 Å². The van der Waals surface area contributed by atoms with Crippen LogP contribution in [0.15, 0.2) is 71.3 Å². The second-order valence-electron chi connectivity index (χ2n) is 5.30. The molecule has 3 aromatic rings. The SMILES string of the molecule is O=C(COc1ccc(NC(=O)c2ccco2)cc1)Nc1ccc(Cl)cc1. The highest BCUT2D eigenvalue weighted by Gasteiger charge is 2.09. The summed E-state index contributed by atoms with van der Waals surface area (Å²) in [6.07, 6.45) is 1.43. The van der Waals surface area contributed by atoms with Crippen molar-refractivity contribution in [3.63, 3.8) is 0 Å². The Hall–Kier alpha value is -3.25. The summed E-state index contributed by atoms with van der Waals surface area (Å²) in [5.74, 6) is 0.102. The molecule has 0 aliphatic heterocycles. The molecule has 0 radical (unpaired) electrons. The number of anilines is 2. The fourth-order valence-corrected chi connectivity index (χ4v) is 2.24. The van der Waals surface area contributed by atoms with Crippen LogP contribution in [0.3, 0.4) is 0 Å². The van der Waals surface area contributed by atoms with E-state index in [1.165, 1.54) is 6.26 Å². The summed E-state index contributed by atoms with van der Waals surface area (Å²) in [7, 11) is 0. The van der Waals surface area contributed by atoms with E-state index in [1.807, 2.05) is 0 Å². The van der Waals surface area contributed by atoms with Crippen molar-refractivity contribution in [2.75, 3.05) is 17.2 Å². The van der Waals surface area contributed by atoms with Gasteiger partial charge in [-0.05, 0) is 60.7 Å². The molecule has 0 atom stereocenters. The minimum atomic E-state index is -0.342. The van der Waals surface area contributed by atoms with E-state index < -0.39 is 0 Å². The molecule has 2 aromatic carbocycles. The number of hydrogen-bond acceptors (Lipinski definition) is 4. The highest BCUT2D eigenvalue weighted by Crippen LogP contribution is 2.17. The monoisotopic (exact) mass is 370 g/mol. The first kappa shape index (κ1) is 17.6. The van der Waals surface area contributed by atoms with Crippen molar-refractivity contribution in [2.24, 2.45) is 0 Å². The lowest BCUT2D eigenvalue weighted by Crippen LogP contribution is -2.20. The summed E-state index contributed by atoms with van der Waals surface area (Å²) in [6.45, 7) is -0.138. The fourth-order valence-electron chi connectivity index (χ4n) is 2.11. The topological polar surface area (TPSA) is 80.6 Å². The number of carbonyl (C=O) groups is 2. The number of carbonyl (C=O) groups excluding carboxylic acids is 2. The Morgan fingerprint density at radius 3 is 2.23 bits per heavy atom. The van der Waals surface area contributed by atoms with Crippen LogP contribution in [0.2, 0.25) is 5.02 Å². The van der Waals surface area contributed by atoms with Gasteiger partial charge in [-0.15, -0.1) is 0 Å². The number of hydrogen-bond donors (Lipinski definition) is 2. The maximum absolute atomic E-state index is 11.9. The van der Waals surface area contributed by atoms with E-state index in [-0.39, 0.29) is 24.2 Å². The first-order valence-corrected chi connectivity index (χ1v) is 8.11. The van der Waals surface area contributed by atoms with Gasteiger partial charge in [0.1, 0.15) is 5.75 Å². The number of rotatable bonds is 6. The Morgan fingerprint density at radius 2 is 1.58 bits per heavy atom. The van der Waals surface area contributed by atoms with E-state index in [0.717, 1.165) is 0 Å². The first-order valence-electron chi connectivity index (χ1n) is 7.73. The van der Waals surface area contributed by atoms with Crippen molar-refractivity contribution in [2.45, 2.75) is 0 Å². The highest BCUT2D eigenvalue weighted by atomic mass is 35.5. The molecular weight excluding hydrogens is 356 g/mol. The quantitative estimate of drug-likeness (QED) is 0.681. The highest BCUT2D eigenvalue weighted by molar-refractivity contribution is 6.30. The molecule has 26 heavy (non-hydrogen) atoms. The summed E-state index contributed by atoms with van der Waals surface area (Å²) < 4.78 is 10.4. The van der Waals surface area contributed by atoms with E-state index in [1.54, 1.807) is 60.7 Å². The molecule has 3 rings (SSSR count). The molecule has 132 valence electrons. The molecule has 0 fully saturated rings. The Labute approximate surface area is 154 Å². The maximum atomic E-state index is 11.9. The third kappa shape index (κ3) is 4.87. The van der Waals surface area contributed by atoms with Crippen molar-refractivity contribution < 1.29 is 18.7 Å². The van der Waals surface area contributed by atoms with E-state index >= 15 is 0 Å². The molecule has 1 aromatic heterocycles. The van der Waals surface area contributed by atoms with Gasteiger partial charge < -0.3 is 19.8 Å². The molecular formula is C19H15ClN2O4. The summed E-state index contributed by atoms with van der Waals surface area (Å²) in [4.78, 5) is 23.8. The van der Waals surface area contributed by atoms with E-state index in [9.17, 15) is 9.59 Å². The van der Waals surface area contributed by atoms with Gasteiger partial charge in [0, 0.05) is 16.4 Å². The largest absolute Gasteiger partial charge is 0.484 e. The number of ether oxygens (including phenoxy) is 1. The maximum Gasteiger partial charge on any atom is 0.291 e. The molecule has 6 nitrogen and oxygen atoms in total. The van der Waals surface area contributed by atoms with Crippen LogP contribution in [0.5, 0.6) is 5.75 Å². The van der Waals surface area contributed by atoms with E-state index in [2.05, 4.69) is 10.6 Å². The van der Waals surface area contributed by atoms with Crippen LogP contribution in [0.4, 0.5) is 11.4 Å². The lowest BCUT2D eigenvalue weighted by Gasteiger charge is -2.09. The second kappa shape index (κ2) is 8.22. The zero-order valence-corrected chi connectivity index (χ0v) is 14.3. The van der Waals surface area contributed by atoms with E-state index in [4.69, 9.17) is 20.8 Å². The van der Waals surface area contributed by atoms with Gasteiger partial charge in [0.2, 0.25) is 0 Å². The Morgan fingerprint density at radius 1 is 0.923 bits per heavy atom. The minimum Gasteiger partial charge on any atom is -0.484 e. The first-order chi connectivity index (χ1) is 12.6. The van der Waals surface area contributed by atoms with Crippen molar-refractivity contribution in [3.8, 4) is 5.75 Å². The summed E-state index contributed by atoms with van der Waals surface area (Å²) >= 11 is 5.79. The smallest absolute Gasteiger partial charge is 0.291 e. The number of benzene rings is 2. The van der Waals surface area contributed by atoms with Gasteiger partial charge in [-0.3, -0.25) is 9.59 Å². The predicted molar refractivity (Wildman–Crippen MR) is 98.7 cm³/mol. The van der Waals surface area contributed by atoms with Crippen LogP contribution in [0.25, 0.3) is 0 Å². The lowest BCUT2D eigenvalue weighted by molar-refractivity contribution is -0.118. The number of halogens is 1. The molecule has 0 aliphatic rings. The Balaban J connectivity index is 1.48. The lowest BCUT2D eigenvalue weighted by atomic mass is 10.3. The molecule has 7 heteroatoms. The van der Waals surface area contributed by atoms with Gasteiger partial charge in [0.05, 0.1) is 6.26 Å². The predicted octanol–water partition coefficient (Wildman–Crippen LogP) is 4.20. The fraction of sp³-hybridized carbons (Fsp3) is 0.0526. The average molecular weight is 371 g/mol. The summed E-state index contributed by atoms with van der Waals surface area (Å²) in [6, 6.07) is 16.7. The molecule has 1 heterocycles.